The number of aryl methyl sites for hydroxylation is 1. The molecule has 0 aromatic heterocycles. The van der Waals surface area contributed by atoms with Crippen molar-refractivity contribution in [1.29, 1.82) is 0 Å². The topological polar surface area (TPSA) is 89.8 Å². The molecular weight excluding hydrogens is 469 g/mol. The number of hydrogen-bond acceptors (Lipinski definition) is 4. The molecule has 4 N–H and O–H groups in total. The van der Waals surface area contributed by atoms with E-state index in [0.29, 0.717) is 35.4 Å². The maximum absolute atomic E-state index is 13.4. The fourth-order valence-corrected chi connectivity index (χ4v) is 9.67. The van der Waals surface area contributed by atoms with Crippen LogP contribution >= 0.6 is 0 Å². The van der Waals surface area contributed by atoms with E-state index < -0.39 is 6.10 Å². The van der Waals surface area contributed by atoms with Crippen molar-refractivity contribution in [2.75, 3.05) is 5.32 Å². The second-order valence-electron chi connectivity index (χ2n) is 13.5. The number of halogens is 1. The lowest BCUT2D eigenvalue weighted by atomic mass is 9.43. The summed E-state index contributed by atoms with van der Waals surface area (Å²) in [6, 6.07) is 4.39. The second kappa shape index (κ2) is 9.91. The summed E-state index contributed by atoms with van der Waals surface area (Å²) >= 11 is 0. The SMILES string of the molecule is Cc1cc(F)ccc1NC(=O)CC[C@@H](C)[C@H]1CC[C@H]2[C@@H]3[C@H](O)C[C@@H]4C[C@H](O)CC[C@]4(C)[C@H]3C[C@H](O)[C@]12C. The fraction of sp³-hybridized carbons (Fsp3) is 0.774. The number of carbonyl (C=O) groups is 1. The van der Waals surface area contributed by atoms with Crippen molar-refractivity contribution in [3.8, 4) is 0 Å². The predicted octanol–water partition coefficient (Wildman–Crippen LogP) is 5.45. The number of anilines is 1. The number of aliphatic hydroxyl groups is 3. The third-order valence-electron chi connectivity index (χ3n) is 11.8. The minimum absolute atomic E-state index is 0.0633. The van der Waals surface area contributed by atoms with E-state index in [1.165, 1.54) is 12.1 Å². The first-order chi connectivity index (χ1) is 17.4. The van der Waals surface area contributed by atoms with Crippen molar-refractivity contribution in [2.45, 2.75) is 104 Å². The highest BCUT2D eigenvalue weighted by Crippen LogP contribution is 2.68. The lowest BCUT2D eigenvalue weighted by molar-refractivity contribution is -0.207. The zero-order valence-corrected chi connectivity index (χ0v) is 22.9. The summed E-state index contributed by atoms with van der Waals surface area (Å²) in [4.78, 5) is 12.7. The van der Waals surface area contributed by atoms with Gasteiger partial charge in [0.05, 0.1) is 18.3 Å². The molecule has 1 aromatic rings. The van der Waals surface area contributed by atoms with Gasteiger partial charge in [0.15, 0.2) is 0 Å². The molecule has 0 unspecified atom stereocenters. The van der Waals surface area contributed by atoms with Crippen LogP contribution in [0.3, 0.4) is 0 Å². The summed E-state index contributed by atoms with van der Waals surface area (Å²) in [7, 11) is 0. The minimum atomic E-state index is -0.418. The molecule has 1 amide bonds. The summed E-state index contributed by atoms with van der Waals surface area (Å²) in [5.41, 5.74) is 1.17. The van der Waals surface area contributed by atoms with Gasteiger partial charge in [0, 0.05) is 12.1 Å². The molecule has 37 heavy (non-hydrogen) atoms. The van der Waals surface area contributed by atoms with E-state index in [-0.39, 0.29) is 52.5 Å². The van der Waals surface area contributed by atoms with E-state index in [1.807, 2.05) is 0 Å². The lowest BCUT2D eigenvalue weighted by Crippen LogP contribution is -2.62. The molecule has 0 heterocycles. The van der Waals surface area contributed by atoms with E-state index in [0.717, 1.165) is 51.4 Å². The van der Waals surface area contributed by atoms with Crippen LogP contribution in [0.25, 0.3) is 0 Å². The van der Waals surface area contributed by atoms with Gasteiger partial charge in [-0.3, -0.25) is 4.79 Å². The quantitative estimate of drug-likeness (QED) is 0.420. The summed E-state index contributed by atoms with van der Waals surface area (Å²) in [5.74, 6) is 1.30. The standard InChI is InChI=1S/C31H46FNO4/c1-17(5-10-28(37)33-25-9-6-20(32)13-18(25)2)22-7-8-23-29-24(16-27(36)31(22,23)4)30(3)12-11-21(34)14-19(30)15-26(29)35/h6,9,13,17,19,21-24,26-27,29,34-36H,5,7-8,10-12,14-16H2,1-4H3,(H,33,37)/t17-,19+,21-,22-,23+,24+,26-,27+,29+,30+,31-/m1/s1. The van der Waals surface area contributed by atoms with Crippen LogP contribution in [0.1, 0.15) is 84.1 Å². The van der Waals surface area contributed by atoms with Crippen molar-refractivity contribution >= 4 is 11.6 Å². The van der Waals surface area contributed by atoms with Crippen LogP contribution < -0.4 is 5.32 Å². The van der Waals surface area contributed by atoms with Crippen LogP contribution in [0, 0.1) is 59.1 Å². The number of rotatable bonds is 5. The summed E-state index contributed by atoms with van der Waals surface area (Å²) in [6.07, 6.45) is 6.18. The van der Waals surface area contributed by atoms with Crippen molar-refractivity contribution in [2.24, 2.45) is 46.3 Å². The van der Waals surface area contributed by atoms with E-state index in [1.54, 1.807) is 13.0 Å². The van der Waals surface area contributed by atoms with Crippen molar-refractivity contribution < 1.29 is 24.5 Å². The first-order valence-corrected chi connectivity index (χ1v) is 14.5. The van der Waals surface area contributed by atoms with Crippen molar-refractivity contribution in [3.05, 3.63) is 29.6 Å². The first-order valence-electron chi connectivity index (χ1n) is 14.5. The molecule has 4 saturated carbocycles. The molecule has 0 aliphatic heterocycles. The average molecular weight is 516 g/mol. The summed E-state index contributed by atoms with van der Waals surface area (Å²) in [6.45, 7) is 8.61. The molecule has 5 nitrogen and oxygen atoms in total. The number of fused-ring (bicyclic) bond motifs is 5. The Kier molecular flexibility index (Phi) is 7.25. The van der Waals surface area contributed by atoms with Crippen LogP contribution in [0.15, 0.2) is 18.2 Å². The third kappa shape index (κ3) is 4.55. The molecule has 6 heteroatoms. The maximum atomic E-state index is 13.4. The molecule has 11 atom stereocenters. The number of nitrogens with one attached hydrogen (secondary N) is 1. The predicted molar refractivity (Wildman–Crippen MR) is 142 cm³/mol. The lowest BCUT2D eigenvalue weighted by Gasteiger charge is -2.63. The Morgan fingerprint density at radius 1 is 1.11 bits per heavy atom. The van der Waals surface area contributed by atoms with Gasteiger partial charge in [-0.15, -0.1) is 0 Å². The van der Waals surface area contributed by atoms with Crippen molar-refractivity contribution in [1.82, 2.24) is 0 Å². The van der Waals surface area contributed by atoms with Crippen molar-refractivity contribution in [3.63, 3.8) is 0 Å². The Balaban J connectivity index is 1.27. The summed E-state index contributed by atoms with van der Waals surface area (Å²) < 4.78 is 13.4. The van der Waals surface area contributed by atoms with Gasteiger partial charge in [-0.25, -0.2) is 4.39 Å². The number of benzene rings is 1. The van der Waals surface area contributed by atoms with Gasteiger partial charge in [0.25, 0.3) is 0 Å². The molecule has 0 radical (unpaired) electrons. The highest BCUT2D eigenvalue weighted by atomic mass is 19.1. The number of hydrogen-bond donors (Lipinski definition) is 4. The highest BCUT2D eigenvalue weighted by Gasteiger charge is 2.65. The number of amides is 1. The smallest absolute Gasteiger partial charge is 0.224 e. The van der Waals surface area contributed by atoms with Gasteiger partial charge < -0.3 is 20.6 Å². The first kappa shape index (κ1) is 27.1. The molecule has 0 bridgehead atoms. The molecule has 4 aliphatic rings. The molecule has 0 saturated heterocycles. The molecule has 206 valence electrons. The normalized spacial score (nSPS) is 43.9. The van der Waals surface area contributed by atoms with Crippen LogP contribution in [0.2, 0.25) is 0 Å². The largest absolute Gasteiger partial charge is 0.393 e. The van der Waals surface area contributed by atoms with Gasteiger partial charge in [0.2, 0.25) is 5.91 Å². The number of carbonyl (C=O) groups excluding carboxylic acids is 1. The maximum Gasteiger partial charge on any atom is 0.224 e. The van der Waals surface area contributed by atoms with Crippen LogP contribution in [0.5, 0.6) is 0 Å². The Bertz CT molecular complexity index is 1020. The van der Waals surface area contributed by atoms with Gasteiger partial charge in [-0.05, 0) is 128 Å². The van der Waals surface area contributed by atoms with Crippen LogP contribution in [-0.4, -0.2) is 39.5 Å². The Hall–Kier alpha value is -1.50. The molecule has 4 aliphatic carbocycles. The van der Waals surface area contributed by atoms with E-state index in [9.17, 15) is 24.5 Å². The van der Waals surface area contributed by atoms with Gasteiger partial charge in [-0.1, -0.05) is 20.8 Å². The van der Waals surface area contributed by atoms with E-state index >= 15 is 0 Å². The van der Waals surface area contributed by atoms with E-state index in [4.69, 9.17) is 0 Å². The molecule has 5 rings (SSSR count). The fourth-order valence-electron chi connectivity index (χ4n) is 9.67. The Morgan fingerprint density at radius 2 is 1.86 bits per heavy atom. The van der Waals surface area contributed by atoms with Gasteiger partial charge >= 0.3 is 0 Å². The second-order valence-corrected chi connectivity index (χ2v) is 13.5. The highest BCUT2D eigenvalue weighted by molar-refractivity contribution is 5.91. The zero-order valence-electron chi connectivity index (χ0n) is 22.9. The Morgan fingerprint density at radius 3 is 2.59 bits per heavy atom. The molecular formula is C31H46FNO4. The van der Waals surface area contributed by atoms with Crippen LogP contribution in [-0.2, 0) is 4.79 Å². The van der Waals surface area contributed by atoms with Gasteiger partial charge in [0.1, 0.15) is 5.82 Å². The summed E-state index contributed by atoms with van der Waals surface area (Å²) in [5, 5.41) is 36.4. The third-order valence-corrected chi connectivity index (χ3v) is 11.8. The molecule has 4 fully saturated rings. The Labute approximate surface area is 221 Å². The zero-order chi connectivity index (χ0) is 26.7. The van der Waals surface area contributed by atoms with Crippen LogP contribution in [0.4, 0.5) is 10.1 Å². The molecule has 0 spiro atoms. The molecule has 1 aromatic carbocycles. The van der Waals surface area contributed by atoms with E-state index in [2.05, 4.69) is 26.1 Å². The monoisotopic (exact) mass is 515 g/mol. The number of aliphatic hydroxyl groups excluding tert-OH is 3. The minimum Gasteiger partial charge on any atom is -0.393 e. The average Bonchev–Trinajstić information content (AvgIpc) is 3.19. The van der Waals surface area contributed by atoms with Gasteiger partial charge in [-0.2, -0.15) is 0 Å².